The molecular weight excluding hydrogens is 287 g/mol. The van der Waals surface area contributed by atoms with E-state index in [1.807, 2.05) is 6.07 Å². The van der Waals surface area contributed by atoms with Gasteiger partial charge in [0.15, 0.2) is 0 Å². The topological polar surface area (TPSA) is 15.3 Å². The van der Waals surface area contributed by atoms with Crippen LogP contribution >= 0.6 is 11.6 Å². The number of hydrogen-bond donors (Lipinski definition) is 1. The van der Waals surface area contributed by atoms with Crippen LogP contribution in [0.3, 0.4) is 0 Å². The standard InChI is InChI=1S/C17H26ClFN2/c1-12(2)20-10-14-5-4-8-21(11-14)13(3)15-6-7-17(19)16(18)9-15/h6-7,9,12-14,20H,4-5,8,10-11H2,1-3H3. The Labute approximate surface area is 132 Å². The van der Waals surface area contributed by atoms with Gasteiger partial charge in [0, 0.05) is 18.6 Å². The second kappa shape index (κ2) is 7.57. The summed E-state index contributed by atoms with van der Waals surface area (Å²) in [5, 5.41) is 3.75. The summed E-state index contributed by atoms with van der Waals surface area (Å²) in [4.78, 5) is 2.49. The molecule has 0 aromatic heterocycles. The molecule has 2 unspecified atom stereocenters. The minimum atomic E-state index is -0.342. The van der Waals surface area contributed by atoms with Crippen molar-refractivity contribution in [2.24, 2.45) is 5.92 Å². The summed E-state index contributed by atoms with van der Waals surface area (Å²) in [5.41, 5.74) is 1.10. The second-order valence-corrected chi connectivity index (χ2v) is 6.82. The molecule has 1 aromatic rings. The van der Waals surface area contributed by atoms with Crippen molar-refractivity contribution in [3.8, 4) is 0 Å². The van der Waals surface area contributed by atoms with Gasteiger partial charge in [0.05, 0.1) is 5.02 Å². The number of hydrogen-bond acceptors (Lipinski definition) is 2. The van der Waals surface area contributed by atoms with Gasteiger partial charge >= 0.3 is 0 Å². The summed E-state index contributed by atoms with van der Waals surface area (Å²) in [6.45, 7) is 9.82. The van der Waals surface area contributed by atoms with E-state index in [4.69, 9.17) is 11.6 Å². The molecule has 0 amide bonds. The number of likely N-dealkylation sites (tertiary alicyclic amines) is 1. The Morgan fingerprint density at radius 3 is 2.81 bits per heavy atom. The Bertz CT molecular complexity index is 464. The fraction of sp³-hybridized carbons (Fsp3) is 0.647. The third-order valence-electron chi connectivity index (χ3n) is 4.34. The highest BCUT2D eigenvalue weighted by Crippen LogP contribution is 2.28. The maximum Gasteiger partial charge on any atom is 0.141 e. The first-order valence-electron chi connectivity index (χ1n) is 7.89. The SMILES string of the molecule is CC(C)NCC1CCCN(C(C)c2ccc(F)c(Cl)c2)C1. The van der Waals surface area contributed by atoms with Crippen LogP contribution in [-0.2, 0) is 0 Å². The maximum absolute atomic E-state index is 13.3. The largest absolute Gasteiger partial charge is 0.314 e. The van der Waals surface area contributed by atoms with Gasteiger partial charge in [0.25, 0.3) is 0 Å². The molecule has 1 saturated heterocycles. The third-order valence-corrected chi connectivity index (χ3v) is 4.63. The zero-order chi connectivity index (χ0) is 15.4. The first-order valence-corrected chi connectivity index (χ1v) is 8.27. The molecule has 0 aliphatic carbocycles. The van der Waals surface area contributed by atoms with Crippen molar-refractivity contribution < 1.29 is 4.39 Å². The lowest BCUT2D eigenvalue weighted by atomic mass is 9.95. The molecule has 4 heteroatoms. The fourth-order valence-corrected chi connectivity index (χ4v) is 3.19. The zero-order valence-corrected chi connectivity index (χ0v) is 14.0. The average molecular weight is 313 g/mol. The summed E-state index contributed by atoms with van der Waals surface area (Å²) in [5.74, 6) is 0.352. The predicted octanol–water partition coefficient (Wildman–Crippen LogP) is 4.25. The molecular formula is C17H26ClFN2. The van der Waals surface area contributed by atoms with Crippen molar-refractivity contribution in [1.82, 2.24) is 10.2 Å². The van der Waals surface area contributed by atoms with Crippen LogP contribution < -0.4 is 5.32 Å². The summed E-state index contributed by atoms with van der Waals surface area (Å²) in [7, 11) is 0. The molecule has 0 bridgehead atoms. The van der Waals surface area contributed by atoms with Crippen molar-refractivity contribution in [2.75, 3.05) is 19.6 Å². The average Bonchev–Trinajstić information content (AvgIpc) is 2.47. The van der Waals surface area contributed by atoms with Gasteiger partial charge in [-0.1, -0.05) is 31.5 Å². The Balaban J connectivity index is 1.97. The molecule has 1 fully saturated rings. The van der Waals surface area contributed by atoms with Crippen LogP contribution in [0, 0.1) is 11.7 Å². The summed E-state index contributed by atoms with van der Waals surface area (Å²) < 4.78 is 13.3. The van der Waals surface area contributed by atoms with Gasteiger partial charge in [-0.25, -0.2) is 4.39 Å². The maximum atomic E-state index is 13.3. The molecule has 2 nitrogen and oxygen atoms in total. The molecule has 1 N–H and O–H groups in total. The Morgan fingerprint density at radius 1 is 1.38 bits per heavy atom. The van der Waals surface area contributed by atoms with E-state index in [9.17, 15) is 4.39 Å². The van der Waals surface area contributed by atoms with Crippen molar-refractivity contribution in [2.45, 2.75) is 45.7 Å². The van der Waals surface area contributed by atoms with E-state index in [-0.39, 0.29) is 16.9 Å². The molecule has 1 aliphatic heterocycles. The lowest BCUT2D eigenvalue weighted by Gasteiger charge is -2.37. The number of nitrogens with zero attached hydrogens (tertiary/aromatic N) is 1. The van der Waals surface area contributed by atoms with Crippen LogP contribution in [-0.4, -0.2) is 30.6 Å². The first-order chi connectivity index (χ1) is 9.97. The van der Waals surface area contributed by atoms with Crippen LogP contribution in [0.15, 0.2) is 18.2 Å². The van der Waals surface area contributed by atoms with Gasteiger partial charge in [0.2, 0.25) is 0 Å². The molecule has 118 valence electrons. The van der Waals surface area contributed by atoms with Crippen molar-refractivity contribution in [1.29, 1.82) is 0 Å². The molecule has 1 aliphatic rings. The number of rotatable bonds is 5. The number of nitrogens with one attached hydrogen (secondary N) is 1. The van der Waals surface area contributed by atoms with Crippen LogP contribution in [0.2, 0.25) is 5.02 Å². The predicted molar refractivity (Wildman–Crippen MR) is 87.3 cm³/mol. The minimum absolute atomic E-state index is 0.217. The molecule has 0 saturated carbocycles. The highest BCUT2D eigenvalue weighted by Gasteiger charge is 2.24. The van der Waals surface area contributed by atoms with E-state index >= 15 is 0 Å². The van der Waals surface area contributed by atoms with Gasteiger partial charge in [-0.15, -0.1) is 0 Å². The number of halogens is 2. The monoisotopic (exact) mass is 312 g/mol. The van der Waals surface area contributed by atoms with Gasteiger partial charge in [-0.05, 0) is 56.5 Å². The fourth-order valence-electron chi connectivity index (χ4n) is 3.00. The summed E-state index contributed by atoms with van der Waals surface area (Å²) in [6, 6.07) is 5.90. The third kappa shape index (κ3) is 4.67. The molecule has 2 atom stereocenters. The van der Waals surface area contributed by atoms with Crippen molar-refractivity contribution in [3.05, 3.63) is 34.6 Å². The normalized spacial score (nSPS) is 21.7. The number of benzene rings is 1. The molecule has 1 aromatic carbocycles. The summed E-state index contributed by atoms with van der Waals surface area (Å²) >= 11 is 5.91. The van der Waals surface area contributed by atoms with Crippen molar-refractivity contribution in [3.63, 3.8) is 0 Å². The van der Waals surface area contributed by atoms with Gasteiger partial charge in [0.1, 0.15) is 5.82 Å². The van der Waals surface area contributed by atoms with E-state index in [0.29, 0.717) is 12.0 Å². The molecule has 21 heavy (non-hydrogen) atoms. The second-order valence-electron chi connectivity index (χ2n) is 6.42. The van der Waals surface area contributed by atoms with Crippen LogP contribution in [0.4, 0.5) is 4.39 Å². The van der Waals surface area contributed by atoms with Crippen molar-refractivity contribution >= 4 is 11.6 Å². The smallest absolute Gasteiger partial charge is 0.141 e. The zero-order valence-electron chi connectivity index (χ0n) is 13.2. The summed E-state index contributed by atoms with van der Waals surface area (Å²) in [6.07, 6.45) is 2.51. The van der Waals surface area contributed by atoms with E-state index < -0.39 is 0 Å². The van der Waals surface area contributed by atoms with E-state index in [1.54, 1.807) is 6.07 Å². The van der Waals surface area contributed by atoms with Crippen LogP contribution in [0.25, 0.3) is 0 Å². The molecule has 2 rings (SSSR count). The first kappa shape index (κ1) is 16.7. The quantitative estimate of drug-likeness (QED) is 0.874. The lowest BCUT2D eigenvalue weighted by Crippen LogP contribution is -2.42. The van der Waals surface area contributed by atoms with Gasteiger partial charge in [-0.3, -0.25) is 4.90 Å². The highest BCUT2D eigenvalue weighted by molar-refractivity contribution is 6.30. The minimum Gasteiger partial charge on any atom is -0.314 e. The Morgan fingerprint density at radius 2 is 2.14 bits per heavy atom. The highest BCUT2D eigenvalue weighted by atomic mass is 35.5. The van der Waals surface area contributed by atoms with E-state index in [1.165, 1.54) is 18.9 Å². The molecule has 0 radical (unpaired) electrons. The number of piperidine rings is 1. The Hall–Kier alpha value is -0.640. The van der Waals surface area contributed by atoms with Crippen LogP contribution in [0.5, 0.6) is 0 Å². The Kier molecular flexibility index (Phi) is 6.03. The van der Waals surface area contributed by atoms with Gasteiger partial charge in [-0.2, -0.15) is 0 Å². The van der Waals surface area contributed by atoms with E-state index in [0.717, 1.165) is 25.2 Å². The van der Waals surface area contributed by atoms with Crippen LogP contribution in [0.1, 0.15) is 45.2 Å². The lowest BCUT2D eigenvalue weighted by molar-refractivity contribution is 0.129. The van der Waals surface area contributed by atoms with Gasteiger partial charge < -0.3 is 5.32 Å². The molecule has 1 heterocycles. The van der Waals surface area contributed by atoms with E-state index in [2.05, 4.69) is 31.0 Å². The molecule has 0 spiro atoms.